The summed E-state index contributed by atoms with van der Waals surface area (Å²) in [6.07, 6.45) is 0. The number of rotatable bonds is 8. The highest BCUT2D eigenvalue weighted by Gasteiger charge is 2.08. The average Bonchev–Trinajstić information content (AvgIpc) is 2.75. The third kappa shape index (κ3) is 5.57. The van der Waals surface area contributed by atoms with Crippen molar-refractivity contribution in [2.75, 3.05) is 38.0 Å². The molecule has 1 amide bonds. The van der Waals surface area contributed by atoms with Crippen molar-refractivity contribution in [3.8, 4) is 0 Å². The number of nitrogens with two attached hydrogens (primary N) is 1. The van der Waals surface area contributed by atoms with Gasteiger partial charge in [0.1, 0.15) is 13.1 Å². The van der Waals surface area contributed by atoms with Crippen LogP contribution in [0.2, 0.25) is 0 Å². The minimum absolute atomic E-state index is 0.0268. The van der Waals surface area contributed by atoms with Crippen molar-refractivity contribution in [2.45, 2.75) is 20.8 Å². The van der Waals surface area contributed by atoms with Crippen molar-refractivity contribution in [3.63, 3.8) is 0 Å². The Morgan fingerprint density at radius 2 is 2.22 bits per heavy atom. The molecule has 0 spiro atoms. The average molecular weight is 272 g/mol. The van der Waals surface area contributed by atoms with Crippen LogP contribution in [0.5, 0.6) is 0 Å². The SMILES string of the molecule is CC[NH+](CC)CC[NH2+]CC(=O)Nc1nc(C)cs1. The van der Waals surface area contributed by atoms with Crippen molar-refractivity contribution >= 4 is 22.4 Å². The van der Waals surface area contributed by atoms with E-state index in [1.165, 1.54) is 11.3 Å². The predicted molar refractivity (Wildman–Crippen MR) is 74.1 cm³/mol. The molecule has 0 saturated heterocycles. The van der Waals surface area contributed by atoms with Crippen LogP contribution in [-0.4, -0.2) is 43.6 Å². The van der Waals surface area contributed by atoms with Crippen molar-refractivity contribution in [2.24, 2.45) is 0 Å². The summed E-state index contributed by atoms with van der Waals surface area (Å²) in [6.45, 7) is 11.2. The van der Waals surface area contributed by atoms with Gasteiger partial charge in [-0.3, -0.25) is 10.1 Å². The van der Waals surface area contributed by atoms with Gasteiger partial charge in [0.2, 0.25) is 0 Å². The summed E-state index contributed by atoms with van der Waals surface area (Å²) >= 11 is 1.47. The maximum Gasteiger partial charge on any atom is 0.281 e. The summed E-state index contributed by atoms with van der Waals surface area (Å²) in [5.74, 6) is 0.0268. The highest BCUT2D eigenvalue weighted by Crippen LogP contribution is 2.13. The summed E-state index contributed by atoms with van der Waals surface area (Å²) in [5.41, 5.74) is 0.949. The molecule has 0 bridgehead atoms. The molecule has 0 aliphatic heterocycles. The smallest absolute Gasteiger partial charge is 0.281 e. The van der Waals surface area contributed by atoms with Gasteiger partial charge in [0, 0.05) is 5.38 Å². The third-order valence-corrected chi connectivity index (χ3v) is 3.77. The van der Waals surface area contributed by atoms with Gasteiger partial charge in [0.25, 0.3) is 5.91 Å². The number of carbonyl (C=O) groups excluding carboxylic acids is 1. The fraction of sp³-hybridized carbons (Fsp3) is 0.667. The van der Waals surface area contributed by atoms with E-state index >= 15 is 0 Å². The van der Waals surface area contributed by atoms with Crippen LogP contribution in [0.4, 0.5) is 5.13 Å². The lowest BCUT2D eigenvalue weighted by Gasteiger charge is -2.13. The summed E-state index contributed by atoms with van der Waals surface area (Å²) < 4.78 is 0. The topological polar surface area (TPSA) is 63.0 Å². The first-order chi connectivity index (χ1) is 8.65. The van der Waals surface area contributed by atoms with Crippen LogP contribution in [0.1, 0.15) is 19.5 Å². The van der Waals surface area contributed by atoms with Crippen LogP contribution in [0.25, 0.3) is 0 Å². The summed E-state index contributed by atoms with van der Waals surface area (Å²) in [5, 5.41) is 7.49. The summed E-state index contributed by atoms with van der Waals surface area (Å²) in [6, 6.07) is 0. The van der Waals surface area contributed by atoms with E-state index in [1.54, 1.807) is 4.90 Å². The van der Waals surface area contributed by atoms with E-state index in [1.807, 2.05) is 12.3 Å². The van der Waals surface area contributed by atoms with Gasteiger partial charge in [-0.15, -0.1) is 11.3 Å². The minimum Gasteiger partial charge on any atom is -0.334 e. The van der Waals surface area contributed by atoms with Gasteiger partial charge in [0.15, 0.2) is 11.7 Å². The van der Waals surface area contributed by atoms with Crippen LogP contribution >= 0.6 is 11.3 Å². The molecule has 1 aromatic rings. The molecule has 0 aliphatic rings. The molecular formula is C12H24N4OS+2. The van der Waals surface area contributed by atoms with Crippen molar-refractivity contribution in [3.05, 3.63) is 11.1 Å². The zero-order valence-corrected chi connectivity index (χ0v) is 12.3. The standard InChI is InChI=1S/C12H22N4OS/c1-4-16(5-2)7-6-13-8-11(17)15-12-14-10(3)9-18-12/h9,13H,4-8H2,1-3H3,(H,14,15,17)/p+2. The highest BCUT2D eigenvalue weighted by molar-refractivity contribution is 7.13. The molecule has 0 radical (unpaired) electrons. The van der Waals surface area contributed by atoms with E-state index in [0.29, 0.717) is 11.7 Å². The Labute approximate surface area is 113 Å². The van der Waals surface area contributed by atoms with Crippen LogP contribution in [0, 0.1) is 6.92 Å². The molecule has 0 atom stereocenters. The fourth-order valence-electron chi connectivity index (χ4n) is 1.72. The predicted octanol–water partition coefficient (Wildman–Crippen LogP) is -1.12. The van der Waals surface area contributed by atoms with E-state index in [-0.39, 0.29) is 5.91 Å². The minimum atomic E-state index is 0.0268. The first-order valence-corrected chi connectivity index (χ1v) is 7.40. The molecule has 4 N–H and O–H groups in total. The molecule has 1 aromatic heterocycles. The summed E-state index contributed by atoms with van der Waals surface area (Å²) in [4.78, 5) is 17.4. The van der Waals surface area contributed by atoms with E-state index in [4.69, 9.17) is 0 Å². The Morgan fingerprint density at radius 3 is 2.78 bits per heavy atom. The van der Waals surface area contributed by atoms with E-state index in [9.17, 15) is 4.79 Å². The maximum absolute atomic E-state index is 11.6. The quantitative estimate of drug-likeness (QED) is 0.525. The first-order valence-electron chi connectivity index (χ1n) is 6.52. The molecule has 0 aromatic carbocycles. The van der Waals surface area contributed by atoms with E-state index in [0.717, 1.165) is 31.9 Å². The largest absolute Gasteiger partial charge is 0.334 e. The number of nitrogens with zero attached hydrogens (tertiary/aromatic N) is 1. The second-order valence-electron chi connectivity index (χ2n) is 4.33. The Balaban J connectivity index is 2.14. The number of nitrogens with one attached hydrogen (secondary N) is 2. The maximum atomic E-state index is 11.6. The van der Waals surface area contributed by atoms with E-state index in [2.05, 4.69) is 29.5 Å². The van der Waals surface area contributed by atoms with Crippen LogP contribution < -0.4 is 15.5 Å². The van der Waals surface area contributed by atoms with Crippen molar-refractivity contribution < 1.29 is 15.0 Å². The molecule has 102 valence electrons. The monoisotopic (exact) mass is 272 g/mol. The number of amides is 1. The Morgan fingerprint density at radius 1 is 1.50 bits per heavy atom. The molecule has 1 heterocycles. The number of hydrogen-bond acceptors (Lipinski definition) is 3. The lowest BCUT2D eigenvalue weighted by molar-refractivity contribution is -0.908. The third-order valence-electron chi connectivity index (χ3n) is 2.90. The lowest BCUT2D eigenvalue weighted by Crippen LogP contribution is -3.14. The van der Waals surface area contributed by atoms with Crippen LogP contribution in [-0.2, 0) is 4.79 Å². The second-order valence-corrected chi connectivity index (χ2v) is 5.19. The molecule has 6 heteroatoms. The molecule has 0 aliphatic carbocycles. The van der Waals surface area contributed by atoms with Gasteiger partial charge < -0.3 is 10.2 Å². The molecule has 0 fully saturated rings. The molecule has 1 rings (SSSR count). The summed E-state index contributed by atoms with van der Waals surface area (Å²) in [7, 11) is 0. The van der Waals surface area contributed by atoms with Crippen LogP contribution in [0.3, 0.4) is 0 Å². The molecular weight excluding hydrogens is 248 g/mol. The zero-order valence-electron chi connectivity index (χ0n) is 11.5. The normalized spacial score (nSPS) is 10.9. The van der Waals surface area contributed by atoms with Gasteiger partial charge in [-0.1, -0.05) is 0 Å². The first kappa shape index (κ1) is 15.1. The highest BCUT2D eigenvalue weighted by atomic mass is 32.1. The van der Waals surface area contributed by atoms with Gasteiger partial charge in [-0.2, -0.15) is 0 Å². The number of likely N-dealkylation sites (N-methyl/N-ethyl adjacent to an activating group) is 1. The van der Waals surface area contributed by atoms with Crippen molar-refractivity contribution in [1.82, 2.24) is 4.98 Å². The van der Waals surface area contributed by atoms with Gasteiger partial charge in [-0.05, 0) is 20.8 Å². The van der Waals surface area contributed by atoms with Gasteiger partial charge in [0.05, 0.1) is 18.8 Å². The molecule has 18 heavy (non-hydrogen) atoms. The molecule has 0 unspecified atom stereocenters. The number of quaternary nitrogens is 2. The molecule has 0 saturated carbocycles. The Hall–Kier alpha value is -0.980. The van der Waals surface area contributed by atoms with Gasteiger partial charge >= 0.3 is 0 Å². The van der Waals surface area contributed by atoms with E-state index < -0.39 is 0 Å². The number of aromatic nitrogens is 1. The van der Waals surface area contributed by atoms with Gasteiger partial charge in [-0.25, -0.2) is 4.98 Å². The zero-order chi connectivity index (χ0) is 13.4. The van der Waals surface area contributed by atoms with Crippen LogP contribution in [0.15, 0.2) is 5.38 Å². The number of carbonyl (C=O) groups is 1. The number of aryl methyl sites for hydroxylation is 1. The fourth-order valence-corrected chi connectivity index (χ4v) is 2.43. The Bertz CT molecular complexity index is 363. The number of anilines is 1. The number of hydrogen-bond donors (Lipinski definition) is 3. The second kappa shape index (κ2) is 8.18. The molecule has 5 nitrogen and oxygen atoms in total. The van der Waals surface area contributed by atoms with Crippen molar-refractivity contribution in [1.29, 1.82) is 0 Å². The number of thiazole rings is 1. The Kier molecular flexibility index (Phi) is 6.85. The lowest BCUT2D eigenvalue weighted by atomic mass is 10.4.